The minimum absolute atomic E-state index is 0.153. The van der Waals surface area contributed by atoms with Crippen molar-refractivity contribution in [1.82, 2.24) is 14.9 Å². The molecule has 2 aliphatic carbocycles. The summed E-state index contributed by atoms with van der Waals surface area (Å²) < 4.78 is 0. The van der Waals surface area contributed by atoms with Crippen LogP contribution < -0.4 is 5.32 Å². The molecule has 0 radical (unpaired) electrons. The largest absolute Gasteiger partial charge is 0.380 e. The van der Waals surface area contributed by atoms with Crippen LogP contribution in [-0.4, -0.2) is 47.3 Å². The highest BCUT2D eigenvalue weighted by Gasteiger charge is 2.33. The first-order chi connectivity index (χ1) is 13.0. The van der Waals surface area contributed by atoms with Crippen molar-refractivity contribution in [2.24, 2.45) is 11.8 Å². The van der Waals surface area contributed by atoms with E-state index in [2.05, 4.69) is 34.3 Å². The molecule has 0 aliphatic heterocycles. The van der Waals surface area contributed by atoms with Crippen LogP contribution in [0.25, 0.3) is 11.0 Å². The first kappa shape index (κ1) is 18.6. The van der Waals surface area contributed by atoms with E-state index in [0.29, 0.717) is 22.3 Å². The van der Waals surface area contributed by atoms with E-state index in [1.54, 1.807) is 12.3 Å². The number of ketones is 1. The molecule has 5 nitrogen and oxygen atoms in total. The summed E-state index contributed by atoms with van der Waals surface area (Å²) in [5, 5.41) is 4.09. The molecule has 2 aliphatic rings. The average molecular weight is 387 g/mol. The van der Waals surface area contributed by atoms with Gasteiger partial charge in [-0.05, 0) is 70.7 Å². The van der Waals surface area contributed by atoms with Crippen molar-refractivity contribution in [2.45, 2.75) is 44.6 Å². The van der Waals surface area contributed by atoms with Gasteiger partial charge in [0, 0.05) is 24.7 Å². The van der Waals surface area contributed by atoms with Gasteiger partial charge in [0.15, 0.2) is 5.78 Å². The van der Waals surface area contributed by atoms with E-state index in [-0.39, 0.29) is 11.7 Å². The number of rotatable bonds is 6. The van der Waals surface area contributed by atoms with Crippen LogP contribution in [0.15, 0.2) is 18.3 Å². The Kier molecular flexibility index (Phi) is 5.33. The van der Waals surface area contributed by atoms with Crippen LogP contribution in [0.4, 0.5) is 5.69 Å². The van der Waals surface area contributed by atoms with Gasteiger partial charge in [-0.25, -0.2) is 4.98 Å². The smallest absolute Gasteiger partial charge is 0.169 e. The van der Waals surface area contributed by atoms with Crippen molar-refractivity contribution < 1.29 is 4.79 Å². The number of carbonyl (C=O) groups is 1. The highest BCUT2D eigenvalue weighted by molar-refractivity contribution is 6.30. The van der Waals surface area contributed by atoms with Crippen molar-refractivity contribution in [3.63, 3.8) is 0 Å². The zero-order chi connectivity index (χ0) is 19.0. The maximum absolute atomic E-state index is 12.8. The summed E-state index contributed by atoms with van der Waals surface area (Å²) in [5.41, 5.74) is 2.99. The summed E-state index contributed by atoms with van der Waals surface area (Å²) in [7, 11) is 4.28. The SMILES string of the molecule is CN(C)C[C@H]1CC[C@H](Nc2c(C(=O)C3CC3)cnc3ccc(Cl)nc23)CC1. The number of halogens is 1. The lowest BCUT2D eigenvalue weighted by atomic mass is 9.85. The van der Waals surface area contributed by atoms with E-state index in [1.807, 2.05) is 6.07 Å². The first-order valence-corrected chi connectivity index (χ1v) is 10.3. The Morgan fingerprint density at radius 1 is 1.19 bits per heavy atom. The molecule has 2 aromatic rings. The maximum Gasteiger partial charge on any atom is 0.169 e. The number of hydrogen-bond donors (Lipinski definition) is 1. The Morgan fingerprint density at radius 2 is 1.93 bits per heavy atom. The second-order valence-corrected chi connectivity index (χ2v) is 8.70. The van der Waals surface area contributed by atoms with Crippen LogP contribution in [0.1, 0.15) is 48.9 Å². The van der Waals surface area contributed by atoms with Crippen LogP contribution in [0.2, 0.25) is 5.15 Å². The number of fused-ring (bicyclic) bond motifs is 1. The molecule has 0 atom stereocenters. The second kappa shape index (κ2) is 7.72. The molecule has 2 aromatic heterocycles. The van der Waals surface area contributed by atoms with E-state index < -0.39 is 0 Å². The van der Waals surface area contributed by atoms with Gasteiger partial charge in [0.1, 0.15) is 10.7 Å². The van der Waals surface area contributed by atoms with Crippen LogP contribution in [0.5, 0.6) is 0 Å². The topological polar surface area (TPSA) is 58.1 Å². The number of nitrogens with zero attached hydrogens (tertiary/aromatic N) is 3. The quantitative estimate of drug-likeness (QED) is 0.588. The Labute approximate surface area is 165 Å². The Bertz CT molecular complexity index is 841. The summed E-state index contributed by atoms with van der Waals surface area (Å²) in [4.78, 5) is 24.1. The fourth-order valence-electron chi connectivity index (χ4n) is 4.15. The number of aromatic nitrogens is 2. The summed E-state index contributed by atoms with van der Waals surface area (Å²) in [6.07, 6.45) is 8.32. The summed E-state index contributed by atoms with van der Waals surface area (Å²) in [6.45, 7) is 1.15. The van der Waals surface area contributed by atoms with Gasteiger partial charge in [-0.3, -0.25) is 9.78 Å². The lowest BCUT2D eigenvalue weighted by Gasteiger charge is -2.31. The fraction of sp³-hybridized carbons (Fsp3) is 0.571. The van der Waals surface area contributed by atoms with E-state index in [9.17, 15) is 4.79 Å². The molecule has 0 saturated heterocycles. The zero-order valence-electron chi connectivity index (χ0n) is 16.0. The molecule has 27 heavy (non-hydrogen) atoms. The molecule has 4 rings (SSSR count). The Morgan fingerprint density at radius 3 is 2.59 bits per heavy atom. The van der Waals surface area contributed by atoms with Gasteiger partial charge in [-0.15, -0.1) is 0 Å². The maximum atomic E-state index is 12.8. The van der Waals surface area contributed by atoms with Crippen molar-refractivity contribution in [3.05, 3.63) is 29.0 Å². The standard InChI is InChI=1S/C21H27ClN4O/c1-26(2)12-13-3-7-15(8-4-13)24-19-16(21(27)14-5-6-14)11-23-17-9-10-18(22)25-20(17)19/h9-11,13-15H,3-8,12H2,1-2H3,(H,23,24)/t13-,15-. The van der Waals surface area contributed by atoms with Gasteiger partial charge in [-0.1, -0.05) is 11.6 Å². The van der Waals surface area contributed by atoms with Crippen LogP contribution in [0.3, 0.4) is 0 Å². The molecule has 144 valence electrons. The summed E-state index contributed by atoms with van der Waals surface area (Å²) >= 11 is 6.15. The normalized spacial score (nSPS) is 23.0. The minimum Gasteiger partial charge on any atom is -0.380 e. The van der Waals surface area contributed by atoms with E-state index in [4.69, 9.17) is 11.6 Å². The van der Waals surface area contributed by atoms with Crippen LogP contribution >= 0.6 is 11.6 Å². The molecule has 0 amide bonds. The van der Waals surface area contributed by atoms with Gasteiger partial charge in [0.2, 0.25) is 0 Å². The predicted molar refractivity (Wildman–Crippen MR) is 110 cm³/mol. The van der Waals surface area contributed by atoms with Crippen molar-refractivity contribution >= 4 is 34.1 Å². The monoisotopic (exact) mass is 386 g/mol. The number of nitrogens with one attached hydrogen (secondary N) is 1. The molecule has 2 saturated carbocycles. The number of pyridine rings is 2. The number of Topliss-reactive ketones (excluding diaryl/α,β-unsaturated/α-hetero) is 1. The van der Waals surface area contributed by atoms with E-state index in [0.717, 1.165) is 49.4 Å². The van der Waals surface area contributed by atoms with Gasteiger partial charge >= 0.3 is 0 Å². The molecular formula is C21H27ClN4O. The van der Waals surface area contributed by atoms with Crippen LogP contribution in [-0.2, 0) is 0 Å². The van der Waals surface area contributed by atoms with Crippen molar-refractivity contribution in [3.8, 4) is 0 Å². The fourth-order valence-corrected chi connectivity index (χ4v) is 4.30. The predicted octanol–water partition coefficient (Wildman–Crippen LogP) is 4.41. The number of carbonyl (C=O) groups excluding carboxylic acids is 1. The zero-order valence-corrected chi connectivity index (χ0v) is 16.8. The number of hydrogen-bond acceptors (Lipinski definition) is 5. The average Bonchev–Trinajstić information content (AvgIpc) is 3.48. The van der Waals surface area contributed by atoms with Gasteiger partial charge < -0.3 is 10.2 Å². The molecule has 2 heterocycles. The Hall–Kier alpha value is -1.72. The molecule has 2 fully saturated rings. The van der Waals surface area contributed by atoms with Crippen molar-refractivity contribution in [1.29, 1.82) is 0 Å². The molecule has 1 N–H and O–H groups in total. The van der Waals surface area contributed by atoms with Gasteiger partial charge in [0.25, 0.3) is 0 Å². The van der Waals surface area contributed by atoms with Crippen molar-refractivity contribution in [2.75, 3.05) is 26.0 Å². The van der Waals surface area contributed by atoms with E-state index >= 15 is 0 Å². The molecule has 6 heteroatoms. The third-order valence-electron chi connectivity index (χ3n) is 5.71. The summed E-state index contributed by atoms with van der Waals surface area (Å²) in [5.74, 6) is 1.10. The lowest BCUT2D eigenvalue weighted by molar-refractivity contribution is 0.0968. The highest BCUT2D eigenvalue weighted by atomic mass is 35.5. The molecule has 0 unspecified atom stereocenters. The minimum atomic E-state index is 0.153. The molecule has 0 bridgehead atoms. The molecular weight excluding hydrogens is 360 g/mol. The third kappa shape index (κ3) is 4.25. The first-order valence-electron chi connectivity index (χ1n) is 9.92. The third-order valence-corrected chi connectivity index (χ3v) is 5.92. The second-order valence-electron chi connectivity index (χ2n) is 8.31. The van der Waals surface area contributed by atoms with Gasteiger partial charge in [-0.2, -0.15) is 0 Å². The molecule has 0 spiro atoms. The van der Waals surface area contributed by atoms with E-state index in [1.165, 1.54) is 12.8 Å². The highest BCUT2D eigenvalue weighted by Crippen LogP contribution is 2.37. The lowest BCUT2D eigenvalue weighted by Crippen LogP contribution is -2.31. The van der Waals surface area contributed by atoms with Gasteiger partial charge in [0.05, 0.1) is 16.8 Å². The van der Waals surface area contributed by atoms with Crippen LogP contribution in [0, 0.1) is 11.8 Å². The Balaban J connectivity index is 1.60. The summed E-state index contributed by atoms with van der Waals surface area (Å²) in [6, 6.07) is 3.98. The molecule has 0 aromatic carbocycles. The number of anilines is 1.